The minimum absolute atomic E-state index is 0.0560. The summed E-state index contributed by atoms with van der Waals surface area (Å²) in [6, 6.07) is 0. The number of fused-ring (bicyclic) bond motifs is 1. The fourth-order valence-corrected chi connectivity index (χ4v) is 3.93. The van der Waals surface area contributed by atoms with Crippen LogP contribution in [0.2, 0.25) is 0 Å². The minimum Gasteiger partial charge on any atom is -0.507 e. The maximum atomic E-state index is 10.3. The Kier molecular flexibility index (Phi) is 5.65. The van der Waals surface area contributed by atoms with Crippen LogP contribution in [0.1, 0.15) is 81.5 Å². The Morgan fingerprint density at radius 1 is 1.13 bits per heavy atom. The van der Waals surface area contributed by atoms with Gasteiger partial charge in [0.15, 0.2) is 0 Å². The molecule has 2 unspecified atom stereocenters. The van der Waals surface area contributed by atoms with E-state index in [1.54, 1.807) is 0 Å². The van der Waals surface area contributed by atoms with Gasteiger partial charge in [-0.25, -0.2) is 0 Å². The fourth-order valence-electron chi connectivity index (χ4n) is 3.93. The van der Waals surface area contributed by atoms with Gasteiger partial charge in [0.25, 0.3) is 0 Å². The molecule has 0 saturated carbocycles. The van der Waals surface area contributed by atoms with Gasteiger partial charge in [0.05, 0.1) is 0 Å². The first-order chi connectivity index (χ1) is 10.8. The van der Waals surface area contributed by atoms with Gasteiger partial charge in [0.2, 0.25) is 0 Å². The molecule has 0 aromatic heterocycles. The Bertz CT molecular complexity index is 562. The van der Waals surface area contributed by atoms with Crippen molar-refractivity contribution in [3.8, 4) is 11.5 Å². The first-order valence-electron chi connectivity index (χ1n) is 9.29. The summed E-state index contributed by atoms with van der Waals surface area (Å²) in [5, 5.41) is 10.3. The van der Waals surface area contributed by atoms with Crippen LogP contribution >= 0.6 is 0 Å². The summed E-state index contributed by atoms with van der Waals surface area (Å²) in [6.07, 6.45) is 8.33. The molecule has 0 amide bonds. The molecule has 130 valence electrons. The lowest BCUT2D eigenvalue weighted by Crippen LogP contribution is -2.37. The molecular formula is C21H34O2. The molecule has 0 fully saturated rings. The molecule has 2 rings (SSSR count). The average Bonchev–Trinajstić information content (AvgIpc) is 2.51. The van der Waals surface area contributed by atoms with Crippen molar-refractivity contribution in [2.24, 2.45) is 5.92 Å². The van der Waals surface area contributed by atoms with Crippen molar-refractivity contribution in [1.82, 2.24) is 0 Å². The highest BCUT2D eigenvalue weighted by atomic mass is 16.5. The number of aromatic hydroxyl groups is 1. The van der Waals surface area contributed by atoms with E-state index in [2.05, 4.69) is 27.7 Å². The van der Waals surface area contributed by atoms with E-state index in [-0.39, 0.29) is 5.60 Å². The molecular weight excluding hydrogens is 284 g/mol. The number of hydrogen-bond donors (Lipinski definition) is 1. The van der Waals surface area contributed by atoms with Crippen molar-refractivity contribution in [3.05, 3.63) is 22.3 Å². The van der Waals surface area contributed by atoms with E-state index in [4.69, 9.17) is 4.74 Å². The molecule has 2 heteroatoms. The zero-order chi connectivity index (χ0) is 17.2. The van der Waals surface area contributed by atoms with Gasteiger partial charge in [-0.1, -0.05) is 33.1 Å². The minimum atomic E-state index is -0.0560. The molecule has 0 saturated heterocycles. The highest BCUT2D eigenvalue weighted by Gasteiger charge is 2.34. The molecule has 1 aromatic rings. The van der Waals surface area contributed by atoms with Crippen molar-refractivity contribution in [3.63, 3.8) is 0 Å². The first-order valence-corrected chi connectivity index (χ1v) is 9.29. The first kappa shape index (κ1) is 18.2. The number of hydrogen-bond acceptors (Lipinski definition) is 2. The number of phenolic OH excluding ortho intramolecular Hbond substituents is 1. The Balaban J connectivity index is 2.10. The van der Waals surface area contributed by atoms with Gasteiger partial charge in [0.1, 0.15) is 17.1 Å². The monoisotopic (exact) mass is 318 g/mol. The van der Waals surface area contributed by atoms with Crippen LogP contribution in [0, 0.1) is 26.7 Å². The van der Waals surface area contributed by atoms with Crippen molar-refractivity contribution >= 4 is 0 Å². The second kappa shape index (κ2) is 7.15. The van der Waals surface area contributed by atoms with Gasteiger partial charge >= 0.3 is 0 Å². The lowest BCUT2D eigenvalue weighted by atomic mass is 9.84. The molecule has 1 heterocycles. The van der Waals surface area contributed by atoms with Crippen LogP contribution in [-0.4, -0.2) is 10.7 Å². The zero-order valence-electron chi connectivity index (χ0n) is 15.9. The molecule has 1 aliphatic heterocycles. The van der Waals surface area contributed by atoms with Crippen LogP contribution in [0.5, 0.6) is 11.5 Å². The quantitative estimate of drug-likeness (QED) is 0.696. The number of phenols is 1. The molecule has 1 aliphatic rings. The summed E-state index contributed by atoms with van der Waals surface area (Å²) in [5.74, 6) is 2.30. The summed E-state index contributed by atoms with van der Waals surface area (Å²) in [5.41, 5.74) is 4.22. The molecule has 23 heavy (non-hydrogen) atoms. The Hall–Kier alpha value is -1.18. The molecule has 1 N–H and O–H groups in total. The Morgan fingerprint density at radius 3 is 2.48 bits per heavy atom. The van der Waals surface area contributed by atoms with E-state index >= 15 is 0 Å². The summed E-state index contributed by atoms with van der Waals surface area (Å²) in [4.78, 5) is 0. The predicted molar refractivity (Wildman–Crippen MR) is 97.6 cm³/mol. The van der Waals surface area contributed by atoms with Crippen LogP contribution in [0.25, 0.3) is 0 Å². The second-order valence-corrected chi connectivity index (χ2v) is 7.87. The molecule has 1 aromatic carbocycles. The highest BCUT2D eigenvalue weighted by Crippen LogP contribution is 2.44. The SMILES string of the molecule is CCCC(C)CCCC1(C)CCc2c(C)c(O)c(C)c(C)c2O1. The van der Waals surface area contributed by atoms with Crippen molar-refractivity contribution in [1.29, 1.82) is 0 Å². The average molecular weight is 319 g/mol. The molecule has 2 atom stereocenters. The zero-order valence-corrected chi connectivity index (χ0v) is 15.9. The smallest absolute Gasteiger partial charge is 0.127 e. The highest BCUT2D eigenvalue weighted by molar-refractivity contribution is 5.58. The van der Waals surface area contributed by atoms with Crippen molar-refractivity contribution in [2.75, 3.05) is 0 Å². The third-order valence-electron chi connectivity index (χ3n) is 5.78. The molecule has 2 nitrogen and oxygen atoms in total. The Labute approximate surface area is 142 Å². The van der Waals surface area contributed by atoms with E-state index in [0.717, 1.165) is 47.6 Å². The topological polar surface area (TPSA) is 29.5 Å². The third kappa shape index (κ3) is 3.84. The van der Waals surface area contributed by atoms with Crippen LogP contribution in [0.4, 0.5) is 0 Å². The van der Waals surface area contributed by atoms with Crippen molar-refractivity contribution < 1.29 is 9.84 Å². The second-order valence-electron chi connectivity index (χ2n) is 7.87. The molecule has 0 aliphatic carbocycles. The van der Waals surface area contributed by atoms with Crippen LogP contribution < -0.4 is 4.74 Å². The number of rotatable bonds is 6. The van der Waals surface area contributed by atoms with Gasteiger partial charge in [0, 0.05) is 5.56 Å². The van der Waals surface area contributed by atoms with Crippen LogP contribution in [0.15, 0.2) is 0 Å². The summed E-state index contributed by atoms with van der Waals surface area (Å²) in [6.45, 7) is 13.0. The largest absolute Gasteiger partial charge is 0.507 e. The van der Waals surface area contributed by atoms with Gasteiger partial charge in [-0.3, -0.25) is 0 Å². The Morgan fingerprint density at radius 2 is 1.83 bits per heavy atom. The van der Waals surface area contributed by atoms with Gasteiger partial charge in [-0.2, -0.15) is 0 Å². The fraction of sp³-hybridized carbons (Fsp3) is 0.714. The van der Waals surface area contributed by atoms with Gasteiger partial charge in [-0.05, 0) is 76.0 Å². The molecule has 0 bridgehead atoms. The van der Waals surface area contributed by atoms with E-state index in [1.807, 2.05) is 13.8 Å². The normalized spacial score (nSPS) is 21.7. The van der Waals surface area contributed by atoms with Gasteiger partial charge < -0.3 is 9.84 Å². The van der Waals surface area contributed by atoms with Crippen LogP contribution in [-0.2, 0) is 6.42 Å². The maximum absolute atomic E-state index is 10.3. The predicted octanol–water partition coefficient (Wildman–Crippen LogP) is 6.01. The molecule has 0 radical (unpaired) electrons. The third-order valence-corrected chi connectivity index (χ3v) is 5.78. The van der Waals surface area contributed by atoms with E-state index in [9.17, 15) is 5.11 Å². The maximum Gasteiger partial charge on any atom is 0.127 e. The van der Waals surface area contributed by atoms with Gasteiger partial charge in [-0.15, -0.1) is 0 Å². The number of ether oxygens (including phenoxy) is 1. The standard InChI is InChI=1S/C21H34O2/c1-7-9-14(2)10-8-12-21(6)13-11-18-17(5)19(22)15(3)16(4)20(18)23-21/h14,22H,7-13H2,1-6H3. The molecule has 0 spiro atoms. The lowest BCUT2D eigenvalue weighted by molar-refractivity contribution is 0.0512. The summed E-state index contributed by atoms with van der Waals surface area (Å²) < 4.78 is 6.50. The van der Waals surface area contributed by atoms with Crippen LogP contribution in [0.3, 0.4) is 0 Å². The summed E-state index contributed by atoms with van der Waals surface area (Å²) >= 11 is 0. The van der Waals surface area contributed by atoms with E-state index in [0.29, 0.717) is 5.75 Å². The summed E-state index contributed by atoms with van der Waals surface area (Å²) in [7, 11) is 0. The van der Waals surface area contributed by atoms with E-state index in [1.165, 1.54) is 31.2 Å². The number of benzene rings is 1. The van der Waals surface area contributed by atoms with Crippen molar-refractivity contribution in [2.45, 2.75) is 92.1 Å². The van der Waals surface area contributed by atoms with E-state index < -0.39 is 0 Å². The lowest BCUT2D eigenvalue weighted by Gasteiger charge is -2.38.